The van der Waals surface area contributed by atoms with Crippen molar-refractivity contribution in [3.8, 4) is 16.6 Å². The first-order valence-corrected chi connectivity index (χ1v) is 10.2. The first-order chi connectivity index (χ1) is 12.9. The number of nitrogens with one attached hydrogen (secondary N) is 1. The molecule has 0 radical (unpaired) electrons. The van der Waals surface area contributed by atoms with Gasteiger partial charge in [-0.1, -0.05) is 13.0 Å². The number of carbonyl (C=O) groups is 1. The molecule has 2 heterocycles. The number of carbonyl (C=O) groups excluding carboxylic acids is 1. The van der Waals surface area contributed by atoms with Crippen LogP contribution < -0.4 is 5.32 Å². The van der Waals surface area contributed by atoms with Gasteiger partial charge in [0, 0.05) is 10.3 Å². The standard InChI is InChI=1S/C20H18FN3OS2/c1-4-15-11(2)19(27-12(15)3)17-10-26-20(23-17)24-18(25)8-13-5-6-16(21)14(7-13)9-22/h5-7,10H,4,8H2,1-3H3,(H,23,24,25). The van der Waals surface area contributed by atoms with Gasteiger partial charge in [0.25, 0.3) is 0 Å². The number of aryl methyl sites for hydroxylation is 1. The molecule has 4 nitrogen and oxygen atoms in total. The molecule has 0 aliphatic heterocycles. The summed E-state index contributed by atoms with van der Waals surface area (Å²) in [4.78, 5) is 19.2. The van der Waals surface area contributed by atoms with Gasteiger partial charge in [-0.2, -0.15) is 5.26 Å². The predicted molar refractivity (Wildman–Crippen MR) is 108 cm³/mol. The minimum Gasteiger partial charge on any atom is -0.302 e. The molecule has 138 valence electrons. The molecule has 0 spiro atoms. The second kappa shape index (κ2) is 7.99. The number of amides is 1. The number of hydrogen-bond acceptors (Lipinski definition) is 5. The highest BCUT2D eigenvalue weighted by Gasteiger charge is 2.16. The Bertz CT molecular complexity index is 1050. The molecule has 0 aliphatic carbocycles. The number of rotatable bonds is 5. The molecule has 1 N–H and O–H groups in total. The molecule has 3 aromatic rings. The van der Waals surface area contributed by atoms with Crippen molar-refractivity contribution in [3.63, 3.8) is 0 Å². The SMILES string of the molecule is CCc1c(C)sc(-c2csc(NC(=O)Cc3ccc(F)c(C#N)c3)n2)c1C. The summed E-state index contributed by atoms with van der Waals surface area (Å²) in [6.45, 7) is 6.37. The Morgan fingerprint density at radius 1 is 1.37 bits per heavy atom. The monoisotopic (exact) mass is 399 g/mol. The minimum atomic E-state index is -0.584. The number of halogens is 1. The van der Waals surface area contributed by atoms with E-state index >= 15 is 0 Å². The number of thiophene rings is 1. The summed E-state index contributed by atoms with van der Waals surface area (Å²) in [5, 5.41) is 14.1. The van der Waals surface area contributed by atoms with E-state index in [1.165, 1.54) is 45.5 Å². The average molecular weight is 400 g/mol. The topological polar surface area (TPSA) is 65.8 Å². The molecule has 0 atom stereocenters. The molecule has 7 heteroatoms. The Morgan fingerprint density at radius 3 is 2.81 bits per heavy atom. The van der Waals surface area contributed by atoms with E-state index in [2.05, 4.69) is 31.1 Å². The Balaban J connectivity index is 1.73. The summed E-state index contributed by atoms with van der Waals surface area (Å²) >= 11 is 3.10. The van der Waals surface area contributed by atoms with Crippen LogP contribution in [0.5, 0.6) is 0 Å². The fraction of sp³-hybridized carbons (Fsp3) is 0.250. The summed E-state index contributed by atoms with van der Waals surface area (Å²) in [7, 11) is 0. The van der Waals surface area contributed by atoms with E-state index < -0.39 is 5.82 Å². The lowest BCUT2D eigenvalue weighted by Gasteiger charge is -2.03. The zero-order valence-corrected chi connectivity index (χ0v) is 16.9. The van der Waals surface area contributed by atoms with Gasteiger partial charge in [-0.3, -0.25) is 4.79 Å². The van der Waals surface area contributed by atoms with Gasteiger partial charge in [-0.15, -0.1) is 22.7 Å². The van der Waals surface area contributed by atoms with Gasteiger partial charge in [-0.25, -0.2) is 9.37 Å². The summed E-state index contributed by atoms with van der Waals surface area (Å²) in [5.74, 6) is -0.834. The Kier molecular flexibility index (Phi) is 5.68. The molecule has 1 amide bonds. The van der Waals surface area contributed by atoms with Gasteiger partial charge in [0.1, 0.15) is 11.9 Å². The predicted octanol–water partition coefficient (Wildman–Crippen LogP) is 5.24. The van der Waals surface area contributed by atoms with E-state index in [1.807, 2.05) is 5.38 Å². The van der Waals surface area contributed by atoms with E-state index in [4.69, 9.17) is 5.26 Å². The van der Waals surface area contributed by atoms with Crippen LogP contribution in [-0.2, 0) is 17.6 Å². The number of benzene rings is 1. The summed E-state index contributed by atoms with van der Waals surface area (Å²) in [6, 6.07) is 5.89. The molecule has 0 unspecified atom stereocenters. The quantitative estimate of drug-likeness (QED) is 0.638. The molecule has 27 heavy (non-hydrogen) atoms. The third-order valence-corrected chi connectivity index (χ3v) is 6.36. The lowest BCUT2D eigenvalue weighted by molar-refractivity contribution is -0.115. The highest BCUT2D eigenvalue weighted by molar-refractivity contribution is 7.17. The highest BCUT2D eigenvalue weighted by atomic mass is 32.1. The van der Waals surface area contributed by atoms with Gasteiger partial charge in [0.05, 0.1) is 22.6 Å². The number of aromatic nitrogens is 1. The minimum absolute atomic E-state index is 0.0565. The van der Waals surface area contributed by atoms with Gasteiger partial charge in [-0.05, 0) is 49.1 Å². The number of hydrogen-bond donors (Lipinski definition) is 1. The van der Waals surface area contributed by atoms with E-state index in [0.29, 0.717) is 10.7 Å². The lowest BCUT2D eigenvalue weighted by atomic mass is 10.1. The summed E-state index contributed by atoms with van der Waals surface area (Å²) in [6.07, 6.45) is 1.05. The van der Waals surface area contributed by atoms with Crippen LogP contribution in [0.25, 0.3) is 10.6 Å². The van der Waals surface area contributed by atoms with Crippen LogP contribution >= 0.6 is 22.7 Å². The van der Waals surface area contributed by atoms with Crippen molar-refractivity contribution >= 4 is 33.7 Å². The first-order valence-electron chi connectivity index (χ1n) is 8.46. The van der Waals surface area contributed by atoms with E-state index in [1.54, 1.807) is 17.4 Å². The number of thiazole rings is 1. The van der Waals surface area contributed by atoms with Crippen molar-refractivity contribution < 1.29 is 9.18 Å². The van der Waals surface area contributed by atoms with Crippen LogP contribution in [0.15, 0.2) is 23.6 Å². The van der Waals surface area contributed by atoms with Crippen molar-refractivity contribution in [2.75, 3.05) is 5.32 Å². The molecular weight excluding hydrogens is 381 g/mol. The molecule has 0 saturated carbocycles. The fourth-order valence-electron chi connectivity index (χ4n) is 3.00. The van der Waals surface area contributed by atoms with Gasteiger partial charge < -0.3 is 5.32 Å². The second-order valence-electron chi connectivity index (χ2n) is 6.13. The Labute approximate surface area is 165 Å². The Hall–Kier alpha value is -2.56. The van der Waals surface area contributed by atoms with Gasteiger partial charge >= 0.3 is 0 Å². The number of anilines is 1. The van der Waals surface area contributed by atoms with E-state index in [-0.39, 0.29) is 17.9 Å². The molecule has 2 aromatic heterocycles. The van der Waals surface area contributed by atoms with Crippen molar-refractivity contribution in [1.29, 1.82) is 5.26 Å². The van der Waals surface area contributed by atoms with Crippen LogP contribution in [0.4, 0.5) is 9.52 Å². The smallest absolute Gasteiger partial charge is 0.230 e. The normalized spacial score (nSPS) is 10.6. The molecule has 3 rings (SSSR count). The molecule has 0 saturated heterocycles. The molecule has 1 aromatic carbocycles. The van der Waals surface area contributed by atoms with Crippen LogP contribution in [0.2, 0.25) is 0 Å². The molecular formula is C20H18FN3OS2. The van der Waals surface area contributed by atoms with Crippen molar-refractivity contribution in [2.24, 2.45) is 0 Å². The van der Waals surface area contributed by atoms with Gasteiger partial charge in [0.2, 0.25) is 5.91 Å². The highest BCUT2D eigenvalue weighted by Crippen LogP contribution is 2.37. The molecule has 0 bridgehead atoms. The average Bonchev–Trinajstić information content (AvgIpc) is 3.20. The molecule has 0 fully saturated rings. The largest absolute Gasteiger partial charge is 0.302 e. The second-order valence-corrected chi connectivity index (χ2v) is 8.22. The number of nitrogens with zero attached hydrogens (tertiary/aromatic N) is 2. The number of nitriles is 1. The lowest BCUT2D eigenvalue weighted by Crippen LogP contribution is -2.14. The maximum absolute atomic E-state index is 13.4. The van der Waals surface area contributed by atoms with E-state index in [9.17, 15) is 9.18 Å². The van der Waals surface area contributed by atoms with Crippen LogP contribution in [-0.4, -0.2) is 10.9 Å². The van der Waals surface area contributed by atoms with E-state index in [0.717, 1.165) is 17.0 Å². The third-order valence-electron chi connectivity index (χ3n) is 4.33. The maximum atomic E-state index is 13.4. The van der Waals surface area contributed by atoms with Crippen molar-refractivity contribution in [2.45, 2.75) is 33.6 Å². The fourth-order valence-corrected chi connectivity index (χ4v) is 5.01. The molecule has 0 aliphatic rings. The van der Waals surface area contributed by atoms with Gasteiger partial charge in [0.15, 0.2) is 5.13 Å². The summed E-state index contributed by atoms with van der Waals surface area (Å²) in [5.41, 5.74) is 4.00. The first kappa shape index (κ1) is 19.2. The zero-order valence-electron chi connectivity index (χ0n) is 15.2. The van der Waals surface area contributed by atoms with Crippen LogP contribution in [0, 0.1) is 31.0 Å². The summed E-state index contributed by atoms with van der Waals surface area (Å²) < 4.78 is 13.4. The zero-order chi connectivity index (χ0) is 19.6. The van der Waals surface area contributed by atoms with Crippen molar-refractivity contribution in [3.05, 3.63) is 56.5 Å². The van der Waals surface area contributed by atoms with Crippen LogP contribution in [0.1, 0.15) is 34.1 Å². The maximum Gasteiger partial charge on any atom is 0.230 e. The third kappa shape index (κ3) is 4.07. The van der Waals surface area contributed by atoms with Crippen LogP contribution in [0.3, 0.4) is 0 Å². The Morgan fingerprint density at radius 2 is 2.15 bits per heavy atom. The van der Waals surface area contributed by atoms with Crippen molar-refractivity contribution in [1.82, 2.24) is 4.98 Å².